The van der Waals surface area contributed by atoms with Crippen molar-refractivity contribution in [3.63, 3.8) is 0 Å². The van der Waals surface area contributed by atoms with Gasteiger partial charge in [0.05, 0.1) is 27.2 Å². The molecule has 2 unspecified atom stereocenters. The van der Waals surface area contributed by atoms with Crippen LogP contribution in [0.3, 0.4) is 0 Å². The van der Waals surface area contributed by atoms with Crippen molar-refractivity contribution in [1.29, 1.82) is 0 Å². The summed E-state index contributed by atoms with van der Waals surface area (Å²) < 4.78 is 15.6. The van der Waals surface area contributed by atoms with Gasteiger partial charge in [-0.3, -0.25) is 4.79 Å². The first-order valence-corrected chi connectivity index (χ1v) is 5.74. The molecular weight excluding hydrogens is 250 g/mol. The third kappa shape index (κ3) is 3.08. The van der Waals surface area contributed by atoms with Gasteiger partial charge in [-0.2, -0.15) is 0 Å². The fraction of sp³-hybridized carbons (Fsp3) is 0.462. The maximum absolute atomic E-state index is 11.0. The molecule has 0 fully saturated rings. The van der Waals surface area contributed by atoms with Gasteiger partial charge in [0.1, 0.15) is 0 Å². The third-order valence-electron chi connectivity index (χ3n) is 3.00. The monoisotopic (exact) mass is 269 g/mol. The van der Waals surface area contributed by atoms with Gasteiger partial charge in [0.2, 0.25) is 5.75 Å². The molecule has 1 aromatic rings. The molecule has 0 aliphatic carbocycles. The zero-order valence-electron chi connectivity index (χ0n) is 11.5. The molecule has 1 aromatic carbocycles. The molecule has 0 amide bonds. The predicted octanol–water partition coefficient (Wildman–Crippen LogP) is 1.43. The average molecular weight is 269 g/mol. The Morgan fingerprint density at radius 2 is 1.63 bits per heavy atom. The number of aliphatic carboxylic acids is 1. The predicted molar refractivity (Wildman–Crippen MR) is 69.8 cm³/mol. The SMILES string of the molecule is COc1cc(C(N)C(C)C(=O)O)cc(OC)c1OC. The molecule has 0 aliphatic rings. The van der Waals surface area contributed by atoms with Gasteiger partial charge < -0.3 is 25.1 Å². The standard InChI is InChI=1S/C13H19NO5/c1-7(13(15)16)11(14)8-5-9(17-2)12(19-4)10(6-8)18-3/h5-7,11H,14H2,1-4H3,(H,15,16). The molecule has 6 heteroatoms. The van der Waals surface area contributed by atoms with E-state index in [2.05, 4.69) is 0 Å². The number of benzene rings is 1. The summed E-state index contributed by atoms with van der Waals surface area (Å²) in [6, 6.07) is 2.66. The summed E-state index contributed by atoms with van der Waals surface area (Å²) in [6.07, 6.45) is 0. The van der Waals surface area contributed by atoms with Crippen LogP contribution in [0.2, 0.25) is 0 Å². The smallest absolute Gasteiger partial charge is 0.308 e. The van der Waals surface area contributed by atoms with Crippen LogP contribution in [0.4, 0.5) is 0 Å². The van der Waals surface area contributed by atoms with Gasteiger partial charge in [0.15, 0.2) is 11.5 Å². The zero-order valence-corrected chi connectivity index (χ0v) is 11.5. The van der Waals surface area contributed by atoms with Gasteiger partial charge in [-0.05, 0) is 17.7 Å². The van der Waals surface area contributed by atoms with E-state index in [1.54, 1.807) is 19.1 Å². The van der Waals surface area contributed by atoms with Crippen LogP contribution in [0.1, 0.15) is 18.5 Å². The molecule has 0 heterocycles. The first kappa shape index (κ1) is 15.1. The van der Waals surface area contributed by atoms with Crippen molar-refractivity contribution in [3.05, 3.63) is 17.7 Å². The fourth-order valence-corrected chi connectivity index (χ4v) is 1.74. The second kappa shape index (κ2) is 6.29. The summed E-state index contributed by atoms with van der Waals surface area (Å²) in [4.78, 5) is 11.0. The number of carboxylic acids is 1. The largest absolute Gasteiger partial charge is 0.493 e. The van der Waals surface area contributed by atoms with Crippen LogP contribution < -0.4 is 19.9 Å². The Labute approximate surface area is 112 Å². The van der Waals surface area contributed by atoms with Gasteiger partial charge in [-0.15, -0.1) is 0 Å². The number of carbonyl (C=O) groups is 1. The minimum atomic E-state index is -0.957. The molecule has 19 heavy (non-hydrogen) atoms. The maximum Gasteiger partial charge on any atom is 0.308 e. The lowest BCUT2D eigenvalue weighted by Gasteiger charge is -2.20. The van der Waals surface area contributed by atoms with Gasteiger partial charge >= 0.3 is 5.97 Å². The lowest BCUT2D eigenvalue weighted by atomic mass is 9.95. The molecule has 0 aliphatic heterocycles. The molecule has 0 saturated carbocycles. The Bertz CT molecular complexity index is 435. The Hall–Kier alpha value is -1.95. The topological polar surface area (TPSA) is 91.0 Å². The van der Waals surface area contributed by atoms with E-state index < -0.39 is 17.9 Å². The Balaban J connectivity index is 3.26. The Morgan fingerprint density at radius 1 is 1.16 bits per heavy atom. The van der Waals surface area contributed by atoms with Crippen molar-refractivity contribution >= 4 is 5.97 Å². The normalized spacial score (nSPS) is 13.5. The molecular formula is C13H19NO5. The van der Waals surface area contributed by atoms with Gasteiger partial charge in [0.25, 0.3) is 0 Å². The van der Waals surface area contributed by atoms with E-state index in [0.717, 1.165) is 0 Å². The molecule has 0 radical (unpaired) electrons. The maximum atomic E-state index is 11.0. The van der Waals surface area contributed by atoms with Crippen molar-refractivity contribution in [2.75, 3.05) is 21.3 Å². The number of hydrogen-bond donors (Lipinski definition) is 2. The van der Waals surface area contributed by atoms with E-state index in [0.29, 0.717) is 22.8 Å². The van der Waals surface area contributed by atoms with E-state index in [9.17, 15) is 4.79 Å². The highest BCUT2D eigenvalue weighted by molar-refractivity contribution is 5.71. The van der Waals surface area contributed by atoms with E-state index in [-0.39, 0.29) is 0 Å². The van der Waals surface area contributed by atoms with Gasteiger partial charge in [0, 0.05) is 6.04 Å². The van der Waals surface area contributed by atoms with Crippen molar-refractivity contribution in [2.45, 2.75) is 13.0 Å². The highest BCUT2D eigenvalue weighted by Gasteiger charge is 2.24. The van der Waals surface area contributed by atoms with Crippen molar-refractivity contribution in [3.8, 4) is 17.2 Å². The number of hydrogen-bond acceptors (Lipinski definition) is 5. The fourth-order valence-electron chi connectivity index (χ4n) is 1.74. The van der Waals surface area contributed by atoms with E-state index in [4.69, 9.17) is 25.1 Å². The van der Waals surface area contributed by atoms with Crippen LogP contribution in [0.25, 0.3) is 0 Å². The van der Waals surface area contributed by atoms with Gasteiger partial charge in [-0.1, -0.05) is 6.92 Å². The quantitative estimate of drug-likeness (QED) is 0.811. The summed E-state index contributed by atoms with van der Waals surface area (Å²) >= 11 is 0. The van der Waals surface area contributed by atoms with E-state index in [1.165, 1.54) is 21.3 Å². The molecule has 0 bridgehead atoms. The van der Waals surface area contributed by atoms with Crippen LogP contribution >= 0.6 is 0 Å². The van der Waals surface area contributed by atoms with E-state index >= 15 is 0 Å². The second-order valence-corrected chi connectivity index (χ2v) is 4.11. The van der Waals surface area contributed by atoms with E-state index in [1.807, 2.05) is 0 Å². The van der Waals surface area contributed by atoms with Gasteiger partial charge in [-0.25, -0.2) is 0 Å². The summed E-state index contributed by atoms with van der Waals surface area (Å²) in [5, 5.41) is 9.00. The first-order chi connectivity index (χ1) is 8.96. The lowest BCUT2D eigenvalue weighted by molar-refractivity contribution is -0.141. The number of methoxy groups -OCH3 is 3. The zero-order chi connectivity index (χ0) is 14.6. The van der Waals surface area contributed by atoms with Crippen molar-refractivity contribution < 1.29 is 24.1 Å². The summed E-state index contributed by atoms with van der Waals surface area (Å²) in [5.74, 6) is -0.331. The summed E-state index contributed by atoms with van der Waals surface area (Å²) in [6.45, 7) is 1.55. The molecule has 106 valence electrons. The molecule has 0 saturated heterocycles. The number of rotatable bonds is 6. The van der Waals surface area contributed by atoms with Crippen molar-refractivity contribution in [1.82, 2.24) is 0 Å². The third-order valence-corrected chi connectivity index (χ3v) is 3.00. The van der Waals surface area contributed by atoms with Crippen LogP contribution in [-0.2, 0) is 4.79 Å². The van der Waals surface area contributed by atoms with Crippen LogP contribution in [-0.4, -0.2) is 32.4 Å². The van der Waals surface area contributed by atoms with Crippen LogP contribution in [0.15, 0.2) is 12.1 Å². The lowest BCUT2D eigenvalue weighted by Crippen LogP contribution is -2.25. The number of nitrogens with two attached hydrogens (primary N) is 1. The molecule has 0 spiro atoms. The minimum absolute atomic E-state index is 0.448. The van der Waals surface area contributed by atoms with Crippen LogP contribution in [0.5, 0.6) is 17.2 Å². The van der Waals surface area contributed by atoms with Crippen LogP contribution in [0, 0.1) is 5.92 Å². The molecule has 0 aromatic heterocycles. The first-order valence-electron chi connectivity index (χ1n) is 5.74. The summed E-state index contributed by atoms with van der Waals surface area (Å²) in [5.41, 5.74) is 6.56. The Morgan fingerprint density at radius 3 is 1.95 bits per heavy atom. The molecule has 6 nitrogen and oxygen atoms in total. The minimum Gasteiger partial charge on any atom is -0.493 e. The average Bonchev–Trinajstić information content (AvgIpc) is 2.43. The second-order valence-electron chi connectivity index (χ2n) is 4.11. The number of ether oxygens (including phenoxy) is 3. The molecule has 2 atom stereocenters. The molecule has 3 N–H and O–H groups in total. The highest BCUT2D eigenvalue weighted by atomic mass is 16.5. The Kier molecular flexibility index (Phi) is 5.00. The van der Waals surface area contributed by atoms with Crippen molar-refractivity contribution in [2.24, 2.45) is 11.7 Å². The molecule has 1 rings (SSSR count). The highest BCUT2D eigenvalue weighted by Crippen LogP contribution is 2.40. The number of carboxylic acid groups (broad SMARTS) is 1. The summed E-state index contributed by atoms with van der Waals surface area (Å²) in [7, 11) is 4.49.